The predicted molar refractivity (Wildman–Crippen MR) is 75.3 cm³/mol. The molecular weight excluding hydrogens is 282 g/mol. The van der Waals surface area contributed by atoms with Crippen molar-refractivity contribution in [3.63, 3.8) is 0 Å². The van der Waals surface area contributed by atoms with Crippen LogP contribution in [0.25, 0.3) is 0 Å². The standard InChI is InChI=1S/C13H16ClN3O3/c1-15-12(18)10-4-2-3-5-17(10)11-9(14)6-8(7-16-11)13(19)20/h6-7,10H,2-5H2,1H3,(H,15,18)(H,19,20). The third kappa shape index (κ3) is 2.85. The fraction of sp³-hybridized carbons (Fsp3) is 0.462. The number of likely N-dealkylation sites (N-methyl/N-ethyl adjacent to an activating group) is 1. The molecule has 108 valence electrons. The van der Waals surface area contributed by atoms with E-state index in [1.54, 1.807) is 7.05 Å². The van der Waals surface area contributed by atoms with Gasteiger partial charge in [-0.3, -0.25) is 4.79 Å². The quantitative estimate of drug-likeness (QED) is 0.884. The van der Waals surface area contributed by atoms with Gasteiger partial charge in [-0.05, 0) is 25.3 Å². The van der Waals surface area contributed by atoms with Gasteiger partial charge in [-0.2, -0.15) is 0 Å². The van der Waals surface area contributed by atoms with E-state index in [0.29, 0.717) is 12.4 Å². The number of carbonyl (C=O) groups is 2. The van der Waals surface area contributed by atoms with E-state index in [2.05, 4.69) is 10.3 Å². The predicted octanol–water partition coefficient (Wildman–Crippen LogP) is 1.54. The van der Waals surface area contributed by atoms with Crippen molar-refractivity contribution < 1.29 is 14.7 Å². The maximum atomic E-state index is 11.9. The maximum absolute atomic E-state index is 11.9. The van der Waals surface area contributed by atoms with Crippen LogP contribution in [0.15, 0.2) is 12.3 Å². The summed E-state index contributed by atoms with van der Waals surface area (Å²) in [5.74, 6) is -0.692. The van der Waals surface area contributed by atoms with E-state index in [-0.39, 0.29) is 22.5 Å². The minimum Gasteiger partial charge on any atom is -0.478 e. The van der Waals surface area contributed by atoms with Crippen molar-refractivity contribution in [1.82, 2.24) is 10.3 Å². The molecule has 0 saturated carbocycles. The Hall–Kier alpha value is -1.82. The van der Waals surface area contributed by atoms with Gasteiger partial charge >= 0.3 is 5.97 Å². The summed E-state index contributed by atoms with van der Waals surface area (Å²) in [5, 5.41) is 11.8. The number of halogens is 1. The SMILES string of the molecule is CNC(=O)C1CCCCN1c1ncc(C(=O)O)cc1Cl. The van der Waals surface area contributed by atoms with Crippen molar-refractivity contribution in [1.29, 1.82) is 0 Å². The number of aromatic carboxylic acids is 1. The molecule has 0 aromatic carbocycles. The number of nitrogens with zero attached hydrogens (tertiary/aromatic N) is 2. The lowest BCUT2D eigenvalue weighted by Crippen LogP contribution is -2.49. The zero-order chi connectivity index (χ0) is 14.7. The Bertz CT molecular complexity index is 536. The molecule has 2 N–H and O–H groups in total. The molecule has 0 radical (unpaired) electrons. The van der Waals surface area contributed by atoms with E-state index in [1.807, 2.05) is 4.90 Å². The molecule has 0 aliphatic carbocycles. The smallest absolute Gasteiger partial charge is 0.337 e. The number of aromatic nitrogens is 1. The third-order valence-corrected chi connectivity index (χ3v) is 3.67. The lowest BCUT2D eigenvalue weighted by Gasteiger charge is -2.35. The normalized spacial score (nSPS) is 18.7. The molecule has 1 aliphatic heterocycles. The van der Waals surface area contributed by atoms with E-state index in [1.165, 1.54) is 12.3 Å². The molecule has 7 heteroatoms. The van der Waals surface area contributed by atoms with Gasteiger partial charge in [0.15, 0.2) is 0 Å². The first-order valence-electron chi connectivity index (χ1n) is 6.41. The molecule has 1 aromatic rings. The maximum Gasteiger partial charge on any atom is 0.337 e. The lowest BCUT2D eigenvalue weighted by molar-refractivity contribution is -0.122. The van der Waals surface area contributed by atoms with Gasteiger partial charge in [0, 0.05) is 19.8 Å². The van der Waals surface area contributed by atoms with E-state index in [0.717, 1.165) is 19.3 Å². The molecule has 1 unspecified atom stereocenters. The molecular formula is C13H16ClN3O3. The summed E-state index contributed by atoms with van der Waals surface area (Å²) >= 11 is 6.12. The van der Waals surface area contributed by atoms with Crippen LogP contribution in [0.4, 0.5) is 5.82 Å². The van der Waals surface area contributed by atoms with Crippen LogP contribution in [0, 0.1) is 0 Å². The van der Waals surface area contributed by atoms with E-state index in [4.69, 9.17) is 16.7 Å². The molecule has 1 aliphatic rings. The number of carboxylic acid groups (broad SMARTS) is 1. The minimum absolute atomic E-state index is 0.0345. The fourth-order valence-electron chi connectivity index (χ4n) is 2.38. The van der Waals surface area contributed by atoms with Gasteiger partial charge in [-0.15, -0.1) is 0 Å². The first-order chi connectivity index (χ1) is 9.54. The zero-order valence-electron chi connectivity index (χ0n) is 11.1. The molecule has 2 rings (SSSR count). The third-order valence-electron chi connectivity index (χ3n) is 3.39. The summed E-state index contributed by atoms with van der Waals surface area (Å²) in [6.07, 6.45) is 3.92. The van der Waals surface area contributed by atoms with Gasteiger partial charge in [0.05, 0.1) is 10.6 Å². The van der Waals surface area contributed by atoms with E-state index in [9.17, 15) is 9.59 Å². The first kappa shape index (κ1) is 14.6. The number of nitrogens with one attached hydrogen (secondary N) is 1. The van der Waals surface area contributed by atoms with Crippen LogP contribution in [0.2, 0.25) is 5.02 Å². The first-order valence-corrected chi connectivity index (χ1v) is 6.79. The highest BCUT2D eigenvalue weighted by atomic mass is 35.5. The number of rotatable bonds is 3. The molecule has 20 heavy (non-hydrogen) atoms. The molecule has 1 atom stereocenters. The molecule has 1 amide bonds. The average molecular weight is 298 g/mol. The summed E-state index contributed by atoms with van der Waals surface area (Å²) in [6.45, 7) is 0.678. The van der Waals surface area contributed by atoms with Crippen molar-refractivity contribution in [3.05, 3.63) is 22.8 Å². The van der Waals surface area contributed by atoms with Gasteiger partial charge < -0.3 is 15.3 Å². The summed E-state index contributed by atoms with van der Waals surface area (Å²) in [5.41, 5.74) is 0.0345. The highest BCUT2D eigenvalue weighted by Crippen LogP contribution is 2.29. The fourth-order valence-corrected chi connectivity index (χ4v) is 2.66. The van der Waals surface area contributed by atoms with Gasteiger partial charge in [0.2, 0.25) is 5.91 Å². The Morgan fingerprint density at radius 1 is 1.50 bits per heavy atom. The second-order valence-electron chi connectivity index (χ2n) is 4.65. The zero-order valence-corrected chi connectivity index (χ0v) is 11.9. The van der Waals surface area contributed by atoms with Crippen molar-refractivity contribution in [2.24, 2.45) is 0 Å². The highest BCUT2D eigenvalue weighted by Gasteiger charge is 2.30. The Balaban J connectivity index is 2.32. The Morgan fingerprint density at radius 3 is 2.85 bits per heavy atom. The molecule has 0 spiro atoms. The van der Waals surface area contributed by atoms with Crippen molar-refractivity contribution in [3.8, 4) is 0 Å². The number of piperidine rings is 1. The Morgan fingerprint density at radius 2 is 2.25 bits per heavy atom. The summed E-state index contributed by atoms with van der Waals surface area (Å²) < 4.78 is 0. The van der Waals surface area contributed by atoms with Gasteiger partial charge in [-0.25, -0.2) is 9.78 Å². The van der Waals surface area contributed by atoms with Crippen LogP contribution in [0.5, 0.6) is 0 Å². The molecule has 1 saturated heterocycles. The van der Waals surface area contributed by atoms with Crippen molar-refractivity contribution >= 4 is 29.3 Å². The van der Waals surface area contributed by atoms with Crippen LogP contribution in [-0.4, -0.2) is 41.6 Å². The van der Waals surface area contributed by atoms with Gasteiger partial charge in [-0.1, -0.05) is 11.6 Å². The molecule has 1 aromatic heterocycles. The number of hydrogen-bond acceptors (Lipinski definition) is 4. The summed E-state index contributed by atoms with van der Waals surface area (Å²) in [4.78, 5) is 28.8. The second-order valence-corrected chi connectivity index (χ2v) is 5.06. The van der Waals surface area contributed by atoms with E-state index >= 15 is 0 Å². The van der Waals surface area contributed by atoms with Crippen LogP contribution in [0.1, 0.15) is 29.6 Å². The van der Waals surface area contributed by atoms with Crippen molar-refractivity contribution in [2.75, 3.05) is 18.5 Å². The Labute approximate surface area is 121 Å². The monoisotopic (exact) mass is 297 g/mol. The lowest BCUT2D eigenvalue weighted by atomic mass is 10.0. The molecule has 1 fully saturated rings. The van der Waals surface area contributed by atoms with Crippen LogP contribution < -0.4 is 10.2 Å². The topological polar surface area (TPSA) is 82.5 Å². The second kappa shape index (κ2) is 6.09. The van der Waals surface area contributed by atoms with Crippen molar-refractivity contribution in [2.45, 2.75) is 25.3 Å². The summed E-state index contributed by atoms with van der Waals surface area (Å²) in [6, 6.07) is 1.05. The highest BCUT2D eigenvalue weighted by molar-refractivity contribution is 6.33. The number of carbonyl (C=O) groups excluding carboxylic acids is 1. The van der Waals surface area contributed by atoms with E-state index < -0.39 is 5.97 Å². The molecule has 0 bridgehead atoms. The largest absolute Gasteiger partial charge is 0.478 e. The van der Waals surface area contributed by atoms with Crippen LogP contribution in [-0.2, 0) is 4.79 Å². The van der Waals surface area contributed by atoms with Gasteiger partial charge in [0.25, 0.3) is 0 Å². The number of amides is 1. The van der Waals surface area contributed by atoms with Gasteiger partial charge in [0.1, 0.15) is 11.9 Å². The van der Waals surface area contributed by atoms with Crippen LogP contribution in [0.3, 0.4) is 0 Å². The Kier molecular flexibility index (Phi) is 4.44. The molecule has 2 heterocycles. The number of carboxylic acids is 1. The number of hydrogen-bond donors (Lipinski definition) is 2. The molecule has 6 nitrogen and oxygen atoms in total. The van der Waals surface area contributed by atoms with Crippen LogP contribution >= 0.6 is 11.6 Å². The average Bonchev–Trinajstić information content (AvgIpc) is 2.46. The summed E-state index contributed by atoms with van der Waals surface area (Å²) in [7, 11) is 1.59. The number of pyridine rings is 1. The number of anilines is 1. The minimum atomic E-state index is -1.08.